The van der Waals surface area contributed by atoms with Crippen LogP contribution >= 0.6 is 11.6 Å². The Kier molecular flexibility index (Phi) is 28.2. The predicted molar refractivity (Wildman–Crippen MR) is 175 cm³/mol. The monoisotopic (exact) mass is 675 g/mol. The Labute approximate surface area is 263 Å². The minimum absolute atomic E-state index is 0.421. The van der Waals surface area contributed by atoms with Gasteiger partial charge in [-0.2, -0.15) is 0 Å². The van der Waals surface area contributed by atoms with E-state index in [2.05, 4.69) is 24.3 Å². The van der Waals surface area contributed by atoms with Crippen LogP contribution in [0.4, 0.5) is 0 Å². The molecule has 0 aromatic heterocycles. The quantitative estimate of drug-likeness (QED) is 0.106. The Morgan fingerprint density at radius 3 is 1.57 bits per heavy atom. The number of alkyl halides is 1. The molecule has 12 nitrogen and oxygen atoms in total. The summed E-state index contributed by atoms with van der Waals surface area (Å²) >= 11 is 5.60. The van der Waals surface area contributed by atoms with E-state index in [1.807, 2.05) is 30.3 Å². The second-order valence-corrected chi connectivity index (χ2v) is 18.4. The molecule has 3 N–H and O–H groups in total. The molecule has 0 heterocycles. The van der Waals surface area contributed by atoms with E-state index in [0.29, 0.717) is 19.0 Å². The van der Waals surface area contributed by atoms with Gasteiger partial charge in [-0.1, -0.05) is 30.3 Å². The van der Waals surface area contributed by atoms with Crippen LogP contribution in [0.25, 0.3) is 0 Å². The summed E-state index contributed by atoms with van der Waals surface area (Å²) in [4.78, 5) is 2.14. The summed E-state index contributed by atoms with van der Waals surface area (Å²) in [6.07, 6.45) is 2.01. The Morgan fingerprint density at radius 2 is 1.19 bits per heavy atom. The fourth-order valence-electron chi connectivity index (χ4n) is 3.72. The molecule has 42 heavy (non-hydrogen) atoms. The van der Waals surface area contributed by atoms with Gasteiger partial charge < -0.3 is 55.8 Å². The first-order valence-corrected chi connectivity index (χ1v) is 20.0. The molecule has 0 aliphatic carbocycles. The van der Waals surface area contributed by atoms with Gasteiger partial charge in [-0.05, 0) is 40.0 Å². The third kappa shape index (κ3) is 17.8. The molecule has 1 rings (SSSR count). The molecule has 0 saturated carbocycles. The van der Waals surface area contributed by atoms with Crippen molar-refractivity contribution in [3.8, 4) is 0 Å². The SMILES string of the molecule is CO[Si](CCCN(C)C)(OC)OC.CO[Si](CCCNCCN)(OC)OC.CO[Si](OC)(OCCCl)c1ccccc1. The largest absolute Gasteiger partial charge is 0.536 e. The number of halogens is 1. The summed E-state index contributed by atoms with van der Waals surface area (Å²) in [5.41, 5.74) is 5.35. The molecular formula is C26H58ClN3O9Si3. The average Bonchev–Trinajstić information content (AvgIpc) is 3.03. The Morgan fingerprint density at radius 1 is 0.714 bits per heavy atom. The highest BCUT2D eigenvalue weighted by Crippen LogP contribution is 2.15. The molecule has 16 heteroatoms. The zero-order valence-corrected chi connectivity index (χ0v) is 31.3. The van der Waals surface area contributed by atoms with Crippen LogP contribution in [0.3, 0.4) is 0 Å². The first-order valence-electron chi connectivity index (χ1n) is 13.9. The molecule has 1 aromatic rings. The predicted octanol–water partition coefficient (Wildman–Crippen LogP) is 2.00. The van der Waals surface area contributed by atoms with Crippen molar-refractivity contribution in [2.45, 2.75) is 24.9 Å². The summed E-state index contributed by atoms with van der Waals surface area (Å²) in [6.45, 7) is 3.89. The maximum atomic E-state index is 5.63. The van der Waals surface area contributed by atoms with Crippen molar-refractivity contribution in [3.05, 3.63) is 30.3 Å². The topological polar surface area (TPSA) is 124 Å². The normalized spacial score (nSPS) is 12.0. The van der Waals surface area contributed by atoms with E-state index in [0.717, 1.165) is 49.8 Å². The van der Waals surface area contributed by atoms with Crippen molar-refractivity contribution in [2.24, 2.45) is 5.73 Å². The zero-order chi connectivity index (χ0) is 32.3. The third-order valence-corrected chi connectivity index (χ3v) is 14.7. The van der Waals surface area contributed by atoms with Crippen LogP contribution in [0.15, 0.2) is 30.3 Å². The van der Waals surface area contributed by atoms with Crippen molar-refractivity contribution < 1.29 is 39.8 Å². The van der Waals surface area contributed by atoms with Gasteiger partial charge in [0.15, 0.2) is 0 Å². The van der Waals surface area contributed by atoms with Crippen LogP contribution in [0.1, 0.15) is 12.8 Å². The van der Waals surface area contributed by atoms with Gasteiger partial charge in [0.05, 0.1) is 6.61 Å². The standard InChI is InChI=1S/C10H15ClO3Si.C8H22N2O3Si.C8H21NO3Si/c1-12-15(13-2,14-9-8-11)10-6-4-3-5-7-10;1-11-14(12-2,13-3)8-4-6-10-7-5-9;1-9(2)7-6-8-13(10-3,11-4)12-5/h3-7H,8-9H2,1-2H3;10H,4-9H2,1-3H3;6-8H2,1-5H3. The number of nitrogens with two attached hydrogens (primary N) is 1. The van der Waals surface area contributed by atoms with Gasteiger partial charge in [0.25, 0.3) is 0 Å². The minimum atomic E-state index is -2.72. The molecule has 0 amide bonds. The molecular weight excluding hydrogens is 618 g/mol. The molecule has 1 aromatic carbocycles. The molecule has 0 radical (unpaired) electrons. The van der Waals surface area contributed by atoms with E-state index < -0.39 is 26.4 Å². The second-order valence-electron chi connectivity index (χ2n) is 9.01. The van der Waals surface area contributed by atoms with E-state index in [1.54, 1.807) is 56.9 Å². The van der Waals surface area contributed by atoms with Gasteiger partial charge in [0, 0.05) is 93.1 Å². The Hall–Kier alpha value is -0.319. The third-order valence-electron chi connectivity index (χ3n) is 6.15. The maximum Gasteiger partial charge on any atom is 0.536 e. The van der Waals surface area contributed by atoms with Crippen LogP contribution in [0.2, 0.25) is 12.1 Å². The first-order chi connectivity index (χ1) is 20.1. The molecule has 0 unspecified atom stereocenters. The number of nitrogens with zero attached hydrogens (tertiary/aromatic N) is 1. The van der Waals surface area contributed by atoms with E-state index in [9.17, 15) is 0 Å². The van der Waals surface area contributed by atoms with Gasteiger partial charge in [-0.25, -0.2) is 0 Å². The molecule has 250 valence electrons. The summed E-state index contributed by atoms with van der Waals surface area (Å²) in [6, 6.07) is 11.4. The van der Waals surface area contributed by atoms with E-state index in [4.69, 9.17) is 57.2 Å². The van der Waals surface area contributed by atoms with Gasteiger partial charge in [0.2, 0.25) is 0 Å². The number of nitrogens with one attached hydrogen (secondary N) is 1. The fourth-order valence-corrected chi connectivity index (χ4v) is 9.36. The summed E-state index contributed by atoms with van der Waals surface area (Å²) in [5.74, 6) is 0.425. The maximum absolute atomic E-state index is 5.63. The molecule has 0 atom stereocenters. The lowest BCUT2D eigenvalue weighted by Crippen LogP contribution is -2.55. The molecule has 0 fully saturated rings. The lowest BCUT2D eigenvalue weighted by molar-refractivity contribution is 0.120. The summed E-state index contributed by atoms with van der Waals surface area (Å²) in [5, 5.41) is 4.16. The van der Waals surface area contributed by atoms with E-state index >= 15 is 0 Å². The fraction of sp³-hybridized carbons (Fsp3) is 0.769. The van der Waals surface area contributed by atoms with Crippen molar-refractivity contribution in [2.75, 3.05) is 110 Å². The first kappa shape index (κ1) is 43.8. The molecule has 0 bridgehead atoms. The van der Waals surface area contributed by atoms with Gasteiger partial charge >= 0.3 is 26.4 Å². The molecule has 0 aliphatic rings. The van der Waals surface area contributed by atoms with Crippen molar-refractivity contribution in [1.29, 1.82) is 0 Å². The van der Waals surface area contributed by atoms with E-state index in [1.165, 1.54) is 0 Å². The highest BCUT2D eigenvalue weighted by molar-refractivity contribution is 6.75. The van der Waals surface area contributed by atoms with Crippen LogP contribution in [0.5, 0.6) is 0 Å². The summed E-state index contributed by atoms with van der Waals surface area (Å²) in [7, 11) is 9.74. The highest BCUT2D eigenvalue weighted by Gasteiger charge is 2.41. The van der Waals surface area contributed by atoms with Gasteiger partial charge in [-0.15, -0.1) is 11.6 Å². The number of hydrogen-bond donors (Lipinski definition) is 2. The molecule has 0 spiro atoms. The van der Waals surface area contributed by atoms with Crippen molar-refractivity contribution >= 4 is 43.2 Å². The van der Waals surface area contributed by atoms with Crippen LogP contribution in [-0.2, 0) is 39.8 Å². The van der Waals surface area contributed by atoms with Crippen molar-refractivity contribution in [3.63, 3.8) is 0 Å². The van der Waals surface area contributed by atoms with Crippen molar-refractivity contribution in [1.82, 2.24) is 10.2 Å². The second kappa shape index (κ2) is 27.0. The van der Waals surface area contributed by atoms with Crippen LogP contribution in [0, 0.1) is 0 Å². The Bertz CT molecular complexity index is 706. The lowest BCUT2D eigenvalue weighted by Gasteiger charge is -2.26. The minimum Gasteiger partial charge on any atom is -0.377 e. The summed E-state index contributed by atoms with van der Waals surface area (Å²) < 4.78 is 48.2. The number of rotatable bonds is 22. The zero-order valence-electron chi connectivity index (χ0n) is 27.5. The van der Waals surface area contributed by atoms with Crippen LogP contribution in [-0.4, -0.2) is 141 Å². The molecule has 0 saturated heterocycles. The van der Waals surface area contributed by atoms with E-state index in [-0.39, 0.29) is 0 Å². The smallest absolute Gasteiger partial charge is 0.377 e. The number of benzene rings is 1. The Balaban J connectivity index is 0. The highest BCUT2D eigenvalue weighted by atomic mass is 35.5. The molecule has 0 aliphatic heterocycles. The van der Waals surface area contributed by atoms with Crippen LogP contribution < -0.4 is 16.2 Å². The lowest BCUT2D eigenvalue weighted by atomic mass is 10.4. The number of hydrogen-bond acceptors (Lipinski definition) is 12. The van der Waals surface area contributed by atoms with Gasteiger partial charge in [-0.3, -0.25) is 0 Å². The van der Waals surface area contributed by atoms with Gasteiger partial charge in [0.1, 0.15) is 0 Å². The average molecular weight is 676 g/mol.